The summed E-state index contributed by atoms with van der Waals surface area (Å²) >= 11 is 18.9. The molecule has 2 aliphatic heterocycles. The molecule has 2 aromatic rings. The number of benzene rings is 2. The number of ether oxygens (including phenoxy) is 1. The average molecular weight is 597 g/mol. The molecule has 0 saturated carbocycles. The van der Waals surface area contributed by atoms with Crippen LogP contribution in [0.15, 0.2) is 36.4 Å². The zero-order valence-electron chi connectivity index (χ0n) is 22.4. The second-order valence-electron chi connectivity index (χ2n) is 10.0. The zero-order chi connectivity index (χ0) is 27.9. The van der Waals surface area contributed by atoms with Gasteiger partial charge in [0.05, 0.1) is 13.2 Å². The smallest absolute Gasteiger partial charge is 0.245 e. The van der Waals surface area contributed by atoms with E-state index in [1.807, 2.05) is 29.2 Å². The summed E-state index contributed by atoms with van der Waals surface area (Å²) in [6.45, 7) is 7.17. The van der Waals surface area contributed by atoms with Crippen molar-refractivity contribution in [2.75, 3.05) is 64.4 Å². The normalized spacial score (nSPS) is 17.9. The summed E-state index contributed by atoms with van der Waals surface area (Å²) in [5.74, 6) is -0.133. The minimum atomic E-state index is -0.623. The number of amides is 2. The number of halogens is 3. The zero-order valence-corrected chi connectivity index (χ0v) is 24.7. The molecule has 11 heteroatoms. The summed E-state index contributed by atoms with van der Waals surface area (Å²) in [7, 11) is 1.69. The first kappa shape index (κ1) is 29.9. The third-order valence-corrected chi connectivity index (χ3v) is 8.07. The van der Waals surface area contributed by atoms with Crippen LogP contribution in [-0.2, 0) is 27.3 Å². The molecule has 2 unspecified atom stereocenters. The van der Waals surface area contributed by atoms with Crippen LogP contribution in [0.5, 0.6) is 0 Å². The van der Waals surface area contributed by atoms with E-state index in [0.717, 1.165) is 16.8 Å². The summed E-state index contributed by atoms with van der Waals surface area (Å²) in [5.41, 5.74) is 3.00. The number of nitrogens with one attached hydrogen (secondary N) is 2. The number of anilines is 1. The Morgan fingerprint density at radius 1 is 1.03 bits per heavy atom. The average Bonchev–Trinajstić information content (AvgIpc) is 2.92. The second-order valence-corrected chi connectivity index (χ2v) is 11.3. The summed E-state index contributed by atoms with van der Waals surface area (Å²) in [6.07, 6.45) is 0.341. The standard InChI is InChI=1S/C28H36Cl3N5O3/c1-19(18-39-2)33-16-21-13-22(29)5-6-25(21)34-9-11-35(12-10-34)28(38)26(36-8-7-32-17-27(36)37)14-20-3-4-23(30)15-24(20)31/h3-6,13,15,19,26,32-33H,7-12,14,16-18H2,1-2H3. The number of rotatable bonds is 10. The molecule has 4 rings (SSSR count). The van der Waals surface area contributed by atoms with Crippen molar-refractivity contribution < 1.29 is 14.3 Å². The largest absolute Gasteiger partial charge is 0.383 e. The molecule has 0 aliphatic carbocycles. The van der Waals surface area contributed by atoms with Crippen molar-refractivity contribution in [3.05, 3.63) is 62.6 Å². The molecule has 0 spiro atoms. The first-order valence-corrected chi connectivity index (χ1v) is 14.4. The van der Waals surface area contributed by atoms with Gasteiger partial charge >= 0.3 is 0 Å². The van der Waals surface area contributed by atoms with Crippen molar-refractivity contribution in [1.29, 1.82) is 0 Å². The van der Waals surface area contributed by atoms with Gasteiger partial charge in [-0.3, -0.25) is 9.59 Å². The second kappa shape index (κ2) is 14.0. The number of hydrogen-bond acceptors (Lipinski definition) is 6. The Morgan fingerprint density at radius 2 is 1.74 bits per heavy atom. The third kappa shape index (κ3) is 7.78. The van der Waals surface area contributed by atoms with E-state index in [9.17, 15) is 9.59 Å². The highest BCUT2D eigenvalue weighted by Crippen LogP contribution is 2.27. The van der Waals surface area contributed by atoms with Crippen LogP contribution in [0.4, 0.5) is 5.69 Å². The Bertz CT molecular complexity index is 1160. The van der Waals surface area contributed by atoms with Crippen molar-refractivity contribution in [1.82, 2.24) is 20.4 Å². The van der Waals surface area contributed by atoms with E-state index in [0.29, 0.717) is 73.9 Å². The molecule has 8 nitrogen and oxygen atoms in total. The monoisotopic (exact) mass is 595 g/mol. The van der Waals surface area contributed by atoms with Gasteiger partial charge in [-0.1, -0.05) is 40.9 Å². The summed E-state index contributed by atoms with van der Waals surface area (Å²) in [4.78, 5) is 32.6. The maximum atomic E-state index is 13.9. The van der Waals surface area contributed by atoms with Crippen LogP contribution >= 0.6 is 34.8 Å². The number of carbonyl (C=O) groups is 2. The maximum absolute atomic E-state index is 13.9. The van der Waals surface area contributed by atoms with E-state index in [4.69, 9.17) is 39.5 Å². The lowest BCUT2D eigenvalue weighted by Crippen LogP contribution is -2.60. The molecule has 2 fully saturated rings. The van der Waals surface area contributed by atoms with Crippen LogP contribution in [0, 0.1) is 0 Å². The Morgan fingerprint density at radius 3 is 2.44 bits per heavy atom. The lowest BCUT2D eigenvalue weighted by atomic mass is 10.0. The Balaban J connectivity index is 1.47. The molecule has 2 amide bonds. The van der Waals surface area contributed by atoms with Gasteiger partial charge in [-0.2, -0.15) is 0 Å². The highest BCUT2D eigenvalue weighted by Gasteiger charge is 2.36. The van der Waals surface area contributed by atoms with Gasteiger partial charge in [-0.05, 0) is 48.4 Å². The first-order chi connectivity index (χ1) is 18.8. The van der Waals surface area contributed by atoms with Gasteiger partial charge in [0.25, 0.3) is 0 Å². The molecule has 2 N–H and O–H groups in total. The van der Waals surface area contributed by atoms with Gasteiger partial charge in [-0.15, -0.1) is 0 Å². The van der Waals surface area contributed by atoms with Gasteiger partial charge in [0.1, 0.15) is 6.04 Å². The summed E-state index contributed by atoms with van der Waals surface area (Å²) in [6, 6.07) is 10.8. The summed E-state index contributed by atoms with van der Waals surface area (Å²) < 4.78 is 5.24. The molecule has 2 aliphatic rings. The molecule has 2 aromatic carbocycles. The number of methoxy groups -OCH3 is 1. The Kier molecular flexibility index (Phi) is 10.7. The molecule has 0 bridgehead atoms. The minimum Gasteiger partial charge on any atom is -0.383 e. The minimum absolute atomic E-state index is 0.0534. The van der Waals surface area contributed by atoms with Crippen molar-refractivity contribution in [2.24, 2.45) is 0 Å². The molecule has 0 radical (unpaired) electrons. The van der Waals surface area contributed by atoms with Crippen LogP contribution in [0.2, 0.25) is 15.1 Å². The van der Waals surface area contributed by atoms with E-state index in [1.165, 1.54) is 0 Å². The lowest BCUT2D eigenvalue weighted by Gasteiger charge is -2.41. The van der Waals surface area contributed by atoms with Crippen LogP contribution in [-0.4, -0.2) is 93.2 Å². The van der Waals surface area contributed by atoms with Gasteiger partial charge in [-0.25, -0.2) is 0 Å². The lowest BCUT2D eigenvalue weighted by molar-refractivity contribution is -0.146. The highest BCUT2D eigenvalue weighted by atomic mass is 35.5. The van der Waals surface area contributed by atoms with Crippen molar-refractivity contribution in [2.45, 2.75) is 32.0 Å². The molecule has 2 heterocycles. The van der Waals surface area contributed by atoms with Gasteiger partial charge in [0.2, 0.25) is 11.8 Å². The van der Waals surface area contributed by atoms with Gasteiger partial charge in [0, 0.05) is 86.1 Å². The molecule has 212 valence electrons. The van der Waals surface area contributed by atoms with E-state index in [1.54, 1.807) is 24.1 Å². The van der Waals surface area contributed by atoms with Crippen LogP contribution in [0.25, 0.3) is 0 Å². The fourth-order valence-corrected chi connectivity index (χ4v) is 5.83. The summed E-state index contributed by atoms with van der Waals surface area (Å²) in [5, 5.41) is 8.29. The Labute approximate surface area is 245 Å². The van der Waals surface area contributed by atoms with Crippen molar-refractivity contribution in [3.8, 4) is 0 Å². The predicted molar refractivity (Wildman–Crippen MR) is 157 cm³/mol. The number of nitrogens with zero attached hydrogens (tertiary/aromatic N) is 3. The van der Waals surface area contributed by atoms with Crippen LogP contribution in [0.1, 0.15) is 18.1 Å². The highest BCUT2D eigenvalue weighted by molar-refractivity contribution is 6.35. The number of piperazine rings is 2. The third-order valence-electron chi connectivity index (χ3n) is 7.25. The van der Waals surface area contributed by atoms with E-state index < -0.39 is 6.04 Å². The van der Waals surface area contributed by atoms with E-state index >= 15 is 0 Å². The molecule has 2 atom stereocenters. The fourth-order valence-electron chi connectivity index (χ4n) is 5.15. The van der Waals surface area contributed by atoms with E-state index in [-0.39, 0.29) is 24.4 Å². The van der Waals surface area contributed by atoms with Crippen molar-refractivity contribution >= 4 is 52.3 Å². The first-order valence-electron chi connectivity index (χ1n) is 13.3. The van der Waals surface area contributed by atoms with E-state index in [2.05, 4.69) is 22.5 Å². The maximum Gasteiger partial charge on any atom is 0.245 e. The number of carbonyl (C=O) groups excluding carboxylic acids is 2. The van der Waals surface area contributed by atoms with Crippen LogP contribution < -0.4 is 15.5 Å². The quantitative estimate of drug-likeness (QED) is 0.438. The van der Waals surface area contributed by atoms with Gasteiger partial charge in [0.15, 0.2) is 0 Å². The fraction of sp³-hybridized carbons (Fsp3) is 0.500. The molecule has 39 heavy (non-hydrogen) atoms. The van der Waals surface area contributed by atoms with Gasteiger partial charge < -0.3 is 30.1 Å². The molecular formula is C28H36Cl3N5O3. The van der Waals surface area contributed by atoms with Crippen molar-refractivity contribution in [3.63, 3.8) is 0 Å². The topological polar surface area (TPSA) is 77.2 Å². The molecular weight excluding hydrogens is 561 g/mol. The van der Waals surface area contributed by atoms with Crippen LogP contribution in [0.3, 0.4) is 0 Å². The molecule has 2 saturated heterocycles. The SMILES string of the molecule is COCC(C)NCc1cc(Cl)ccc1N1CCN(C(=O)C(Cc2ccc(Cl)cc2Cl)N2CCNCC2=O)CC1. The Hall–Kier alpha value is -2.07. The number of hydrogen-bond donors (Lipinski definition) is 2. The molecule has 0 aromatic heterocycles. The predicted octanol–water partition coefficient (Wildman–Crippen LogP) is 3.46.